The minimum atomic E-state index is -0.531. The fraction of sp³-hybridized carbons (Fsp3) is 0.133. The van der Waals surface area contributed by atoms with Crippen LogP contribution in [0.2, 0.25) is 5.02 Å². The molecule has 0 bridgehead atoms. The molecule has 0 spiro atoms. The van der Waals surface area contributed by atoms with Crippen LogP contribution < -0.4 is 10.6 Å². The zero-order chi connectivity index (χ0) is 15.2. The second-order valence-electron chi connectivity index (χ2n) is 4.28. The third kappa shape index (κ3) is 4.36. The Bertz CT molecular complexity index is 632. The minimum absolute atomic E-state index is 0.309. The molecule has 0 saturated heterocycles. The van der Waals surface area contributed by atoms with Crippen molar-refractivity contribution in [3.63, 3.8) is 0 Å². The molecule has 1 amide bonds. The number of carbonyl (C=O) groups excluding carboxylic acids is 1. The van der Waals surface area contributed by atoms with Gasteiger partial charge in [-0.1, -0.05) is 11.6 Å². The number of rotatable bonds is 4. The predicted octanol–water partition coefficient (Wildman–Crippen LogP) is 4.27. The van der Waals surface area contributed by atoms with Crippen molar-refractivity contribution in [1.82, 2.24) is 0 Å². The number of amides is 1. The maximum Gasteiger partial charge on any atom is 0.411 e. The summed E-state index contributed by atoms with van der Waals surface area (Å²) in [6.45, 7) is 0.316. The first kappa shape index (κ1) is 15.1. The molecule has 4 nitrogen and oxygen atoms in total. The fourth-order valence-electron chi connectivity index (χ4n) is 1.72. The molecular formula is C15H14ClFN2O2. The lowest BCUT2D eigenvalue weighted by molar-refractivity contribution is 0.187. The van der Waals surface area contributed by atoms with Crippen molar-refractivity contribution in [2.24, 2.45) is 0 Å². The van der Waals surface area contributed by atoms with Gasteiger partial charge in [0.1, 0.15) is 5.82 Å². The Morgan fingerprint density at radius 2 is 1.86 bits per heavy atom. The smallest absolute Gasteiger partial charge is 0.411 e. The summed E-state index contributed by atoms with van der Waals surface area (Å²) in [5, 5.41) is 6.12. The summed E-state index contributed by atoms with van der Waals surface area (Å²) in [5.41, 5.74) is 1.89. The molecule has 0 unspecified atom stereocenters. The van der Waals surface area contributed by atoms with Gasteiger partial charge in [-0.25, -0.2) is 9.18 Å². The van der Waals surface area contributed by atoms with Crippen LogP contribution in [0.5, 0.6) is 0 Å². The van der Waals surface area contributed by atoms with Gasteiger partial charge >= 0.3 is 6.09 Å². The number of halogens is 2. The van der Waals surface area contributed by atoms with Crippen LogP contribution in [0, 0.1) is 5.82 Å². The Hall–Kier alpha value is -2.27. The van der Waals surface area contributed by atoms with Crippen molar-refractivity contribution in [1.29, 1.82) is 0 Å². The molecule has 0 heterocycles. The number of methoxy groups -OCH3 is 1. The van der Waals surface area contributed by atoms with E-state index in [9.17, 15) is 9.18 Å². The van der Waals surface area contributed by atoms with Gasteiger partial charge in [-0.05, 0) is 42.5 Å². The Labute approximate surface area is 126 Å². The highest BCUT2D eigenvalue weighted by Gasteiger charge is 2.04. The number of benzene rings is 2. The average Bonchev–Trinajstić information content (AvgIpc) is 2.49. The van der Waals surface area contributed by atoms with E-state index < -0.39 is 6.09 Å². The van der Waals surface area contributed by atoms with E-state index in [1.807, 2.05) is 0 Å². The number of nitrogens with one attached hydrogen (secondary N) is 2. The first-order valence-corrected chi connectivity index (χ1v) is 6.59. The van der Waals surface area contributed by atoms with E-state index in [0.717, 1.165) is 5.69 Å². The van der Waals surface area contributed by atoms with Gasteiger partial charge in [0.25, 0.3) is 0 Å². The second kappa shape index (κ2) is 6.95. The van der Waals surface area contributed by atoms with Gasteiger partial charge in [0.15, 0.2) is 0 Å². The quantitative estimate of drug-likeness (QED) is 0.887. The van der Waals surface area contributed by atoms with Gasteiger partial charge in [-0.2, -0.15) is 0 Å². The number of hydrogen-bond donors (Lipinski definition) is 2. The molecule has 0 aromatic heterocycles. The summed E-state index contributed by atoms with van der Waals surface area (Å²) in [4.78, 5) is 11.0. The average molecular weight is 309 g/mol. The van der Waals surface area contributed by atoms with Crippen molar-refractivity contribution < 1.29 is 13.9 Å². The molecule has 0 fully saturated rings. The van der Waals surface area contributed by atoms with Gasteiger partial charge in [0.05, 0.1) is 7.11 Å². The highest BCUT2D eigenvalue weighted by atomic mass is 35.5. The SMILES string of the molecule is COC(=O)Nc1ccc(NCc2cc(Cl)ccc2F)cc1. The first-order valence-electron chi connectivity index (χ1n) is 6.21. The topological polar surface area (TPSA) is 50.4 Å². The summed E-state index contributed by atoms with van der Waals surface area (Å²) in [6.07, 6.45) is -0.531. The first-order chi connectivity index (χ1) is 10.1. The van der Waals surface area contributed by atoms with E-state index in [1.54, 1.807) is 30.3 Å². The Morgan fingerprint density at radius 3 is 2.52 bits per heavy atom. The second-order valence-corrected chi connectivity index (χ2v) is 4.72. The summed E-state index contributed by atoms with van der Waals surface area (Å²) in [7, 11) is 1.30. The lowest BCUT2D eigenvalue weighted by Gasteiger charge is -2.09. The summed E-state index contributed by atoms with van der Waals surface area (Å²) < 4.78 is 18.1. The van der Waals surface area contributed by atoms with E-state index in [0.29, 0.717) is 22.8 Å². The molecule has 2 rings (SSSR count). The van der Waals surface area contributed by atoms with Gasteiger partial charge < -0.3 is 10.1 Å². The molecule has 0 saturated carbocycles. The normalized spacial score (nSPS) is 10.0. The lowest BCUT2D eigenvalue weighted by Crippen LogP contribution is -2.10. The molecule has 21 heavy (non-hydrogen) atoms. The number of anilines is 2. The van der Waals surface area contributed by atoms with E-state index in [4.69, 9.17) is 11.6 Å². The molecular weight excluding hydrogens is 295 g/mol. The molecule has 0 radical (unpaired) electrons. The number of hydrogen-bond acceptors (Lipinski definition) is 3. The lowest BCUT2D eigenvalue weighted by atomic mass is 10.2. The van der Waals surface area contributed by atoms with Gasteiger partial charge in [0, 0.05) is 28.5 Å². The largest absolute Gasteiger partial charge is 0.453 e. The summed E-state index contributed by atoms with van der Waals surface area (Å²) >= 11 is 5.84. The molecule has 2 N–H and O–H groups in total. The molecule has 0 atom stereocenters. The molecule has 0 aliphatic rings. The van der Waals surface area contributed by atoms with Gasteiger partial charge in [-0.3, -0.25) is 5.32 Å². The monoisotopic (exact) mass is 308 g/mol. The molecule has 2 aromatic rings. The van der Waals surface area contributed by atoms with E-state index in [1.165, 1.54) is 19.2 Å². The van der Waals surface area contributed by atoms with Crippen LogP contribution in [-0.4, -0.2) is 13.2 Å². The van der Waals surface area contributed by atoms with Crippen molar-refractivity contribution in [2.45, 2.75) is 6.54 Å². The summed E-state index contributed by atoms with van der Waals surface area (Å²) in [6, 6.07) is 11.4. The van der Waals surface area contributed by atoms with Crippen LogP contribution >= 0.6 is 11.6 Å². The highest BCUT2D eigenvalue weighted by molar-refractivity contribution is 6.30. The van der Waals surface area contributed by atoms with Crippen LogP contribution in [0.25, 0.3) is 0 Å². The Morgan fingerprint density at radius 1 is 1.19 bits per heavy atom. The Balaban J connectivity index is 1.97. The molecule has 0 aliphatic heterocycles. The van der Waals surface area contributed by atoms with Crippen LogP contribution in [0.1, 0.15) is 5.56 Å². The highest BCUT2D eigenvalue weighted by Crippen LogP contribution is 2.18. The maximum atomic E-state index is 13.6. The summed E-state index contributed by atoms with van der Waals surface area (Å²) in [5.74, 6) is -0.309. The zero-order valence-electron chi connectivity index (χ0n) is 11.3. The third-order valence-electron chi connectivity index (χ3n) is 2.81. The minimum Gasteiger partial charge on any atom is -0.453 e. The molecule has 0 aliphatic carbocycles. The zero-order valence-corrected chi connectivity index (χ0v) is 12.1. The van der Waals surface area contributed by atoms with Crippen LogP contribution in [0.15, 0.2) is 42.5 Å². The van der Waals surface area contributed by atoms with Crippen LogP contribution in [0.3, 0.4) is 0 Å². The van der Waals surface area contributed by atoms with E-state index >= 15 is 0 Å². The third-order valence-corrected chi connectivity index (χ3v) is 3.04. The van der Waals surface area contributed by atoms with Crippen molar-refractivity contribution in [2.75, 3.05) is 17.7 Å². The van der Waals surface area contributed by atoms with Crippen molar-refractivity contribution in [3.8, 4) is 0 Å². The van der Waals surface area contributed by atoms with Crippen molar-refractivity contribution >= 4 is 29.1 Å². The van der Waals surface area contributed by atoms with Gasteiger partial charge in [-0.15, -0.1) is 0 Å². The van der Waals surface area contributed by atoms with Crippen LogP contribution in [-0.2, 0) is 11.3 Å². The van der Waals surface area contributed by atoms with E-state index in [2.05, 4.69) is 15.4 Å². The maximum absolute atomic E-state index is 13.6. The fourth-order valence-corrected chi connectivity index (χ4v) is 1.91. The number of carbonyl (C=O) groups is 1. The Kier molecular flexibility index (Phi) is 5.00. The molecule has 2 aromatic carbocycles. The number of ether oxygens (including phenoxy) is 1. The standard InChI is InChI=1S/C15H14ClFN2O2/c1-21-15(20)19-13-5-3-12(4-6-13)18-9-10-8-11(16)2-7-14(10)17/h2-8,18H,9H2,1H3,(H,19,20). The molecule has 6 heteroatoms. The van der Waals surface area contributed by atoms with Crippen molar-refractivity contribution in [3.05, 3.63) is 58.9 Å². The molecule has 110 valence electrons. The van der Waals surface area contributed by atoms with E-state index in [-0.39, 0.29) is 5.82 Å². The van der Waals surface area contributed by atoms with Gasteiger partial charge in [0.2, 0.25) is 0 Å². The predicted molar refractivity (Wildman–Crippen MR) is 81.2 cm³/mol. The van der Waals surface area contributed by atoms with Crippen LogP contribution in [0.4, 0.5) is 20.6 Å².